The van der Waals surface area contributed by atoms with Crippen molar-refractivity contribution in [3.8, 4) is 0 Å². The highest BCUT2D eigenvalue weighted by Crippen LogP contribution is 2.23. The van der Waals surface area contributed by atoms with E-state index >= 15 is 0 Å². The van der Waals surface area contributed by atoms with Gasteiger partial charge in [-0.3, -0.25) is 0 Å². The van der Waals surface area contributed by atoms with Gasteiger partial charge in [-0.05, 0) is 28.8 Å². The fraction of sp³-hybridized carbons (Fsp3) is 0.200. The minimum Gasteiger partial charge on any atom is -0.384 e. The normalized spacial score (nSPS) is 12.4. The molecule has 0 aliphatic heterocycles. The van der Waals surface area contributed by atoms with Gasteiger partial charge in [0.15, 0.2) is 0 Å². The average Bonchev–Trinajstić information content (AvgIpc) is 2.40. The lowest BCUT2D eigenvalue weighted by Gasteiger charge is -2.12. The maximum atomic E-state index is 10.2. The third kappa shape index (κ3) is 3.10. The molecular formula is C15H15ClO2. The van der Waals surface area contributed by atoms with Gasteiger partial charge in [-0.2, -0.15) is 0 Å². The van der Waals surface area contributed by atoms with Crippen LogP contribution in [0.5, 0.6) is 0 Å². The summed E-state index contributed by atoms with van der Waals surface area (Å²) in [6.07, 6.45) is -0.626. The van der Waals surface area contributed by atoms with E-state index < -0.39 is 6.10 Å². The summed E-state index contributed by atoms with van der Waals surface area (Å²) >= 11 is 5.82. The minimum absolute atomic E-state index is 0.581. The summed E-state index contributed by atoms with van der Waals surface area (Å²) in [6, 6.07) is 14.9. The summed E-state index contributed by atoms with van der Waals surface area (Å²) in [5, 5.41) is 10.9. The van der Waals surface area contributed by atoms with Gasteiger partial charge < -0.3 is 9.84 Å². The quantitative estimate of drug-likeness (QED) is 0.913. The van der Waals surface area contributed by atoms with Crippen LogP contribution >= 0.6 is 11.6 Å². The Morgan fingerprint density at radius 3 is 2.00 bits per heavy atom. The van der Waals surface area contributed by atoms with Crippen molar-refractivity contribution in [2.75, 3.05) is 7.11 Å². The fourth-order valence-electron chi connectivity index (χ4n) is 1.80. The number of hydrogen-bond donors (Lipinski definition) is 1. The molecule has 0 unspecified atom stereocenters. The van der Waals surface area contributed by atoms with Crippen LogP contribution in [0.4, 0.5) is 0 Å². The van der Waals surface area contributed by atoms with Crippen molar-refractivity contribution < 1.29 is 9.84 Å². The molecule has 0 heterocycles. The molecule has 3 heteroatoms. The molecular weight excluding hydrogens is 248 g/mol. The maximum absolute atomic E-state index is 10.2. The van der Waals surface area contributed by atoms with Crippen LogP contribution in [-0.2, 0) is 11.3 Å². The second kappa shape index (κ2) is 6.01. The molecule has 2 rings (SSSR count). The molecule has 0 aromatic heterocycles. The van der Waals surface area contributed by atoms with Gasteiger partial charge >= 0.3 is 0 Å². The topological polar surface area (TPSA) is 29.5 Å². The Morgan fingerprint density at radius 2 is 1.50 bits per heavy atom. The van der Waals surface area contributed by atoms with Crippen molar-refractivity contribution in [3.05, 3.63) is 70.2 Å². The Kier molecular flexibility index (Phi) is 4.37. The molecule has 0 saturated heterocycles. The largest absolute Gasteiger partial charge is 0.384 e. The molecule has 0 fully saturated rings. The van der Waals surface area contributed by atoms with Crippen molar-refractivity contribution in [3.63, 3.8) is 0 Å². The molecule has 0 radical (unpaired) electrons. The second-order valence-corrected chi connectivity index (χ2v) is 4.57. The molecule has 2 aromatic carbocycles. The lowest BCUT2D eigenvalue weighted by atomic mass is 10.0. The lowest BCUT2D eigenvalue weighted by molar-refractivity contribution is 0.184. The van der Waals surface area contributed by atoms with Crippen LogP contribution in [-0.4, -0.2) is 12.2 Å². The van der Waals surface area contributed by atoms with Crippen LogP contribution in [0.2, 0.25) is 5.02 Å². The van der Waals surface area contributed by atoms with Gasteiger partial charge in [0.1, 0.15) is 6.10 Å². The van der Waals surface area contributed by atoms with Crippen molar-refractivity contribution in [1.82, 2.24) is 0 Å². The van der Waals surface area contributed by atoms with Crippen molar-refractivity contribution >= 4 is 11.6 Å². The van der Waals surface area contributed by atoms with Crippen molar-refractivity contribution in [2.45, 2.75) is 12.7 Å². The van der Waals surface area contributed by atoms with E-state index in [1.54, 1.807) is 19.2 Å². The minimum atomic E-state index is -0.626. The number of rotatable bonds is 4. The molecule has 2 nitrogen and oxygen atoms in total. The standard InChI is InChI=1S/C15H15ClO2/c1-18-10-11-2-4-12(5-3-11)15(17)13-6-8-14(16)9-7-13/h2-9,15,17H,10H2,1H3/t15-/m0/s1. The monoisotopic (exact) mass is 262 g/mol. The summed E-state index contributed by atoms with van der Waals surface area (Å²) in [5.74, 6) is 0. The molecule has 1 atom stereocenters. The van der Waals surface area contributed by atoms with Gasteiger partial charge in [-0.25, -0.2) is 0 Å². The second-order valence-electron chi connectivity index (χ2n) is 4.13. The molecule has 0 bridgehead atoms. The molecule has 18 heavy (non-hydrogen) atoms. The van der Waals surface area contributed by atoms with E-state index in [4.69, 9.17) is 16.3 Å². The van der Waals surface area contributed by atoms with Crippen LogP contribution < -0.4 is 0 Å². The van der Waals surface area contributed by atoms with E-state index in [9.17, 15) is 5.11 Å². The molecule has 2 aromatic rings. The van der Waals surface area contributed by atoms with Gasteiger partial charge in [-0.15, -0.1) is 0 Å². The van der Waals surface area contributed by atoms with E-state index in [1.165, 1.54) is 0 Å². The van der Waals surface area contributed by atoms with Gasteiger partial charge in [0.05, 0.1) is 6.61 Å². The van der Waals surface area contributed by atoms with Gasteiger partial charge in [-0.1, -0.05) is 48.0 Å². The first-order chi connectivity index (χ1) is 8.70. The van der Waals surface area contributed by atoms with Crippen LogP contribution in [0.3, 0.4) is 0 Å². The van der Waals surface area contributed by atoms with E-state index in [2.05, 4.69) is 0 Å². The van der Waals surface area contributed by atoms with Crippen LogP contribution in [0.1, 0.15) is 22.8 Å². The molecule has 0 saturated carbocycles. The number of hydrogen-bond acceptors (Lipinski definition) is 2. The molecule has 0 aliphatic rings. The highest BCUT2D eigenvalue weighted by Gasteiger charge is 2.09. The Bertz CT molecular complexity index is 491. The zero-order valence-corrected chi connectivity index (χ0v) is 10.9. The Morgan fingerprint density at radius 1 is 1.00 bits per heavy atom. The number of methoxy groups -OCH3 is 1. The third-order valence-electron chi connectivity index (χ3n) is 2.79. The van der Waals surface area contributed by atoms with Gasteiger partial charge in [0.25, 0.3) is 0 Å². The number of ether oxygens (including phenoxy) is 1. The maximum Gasteiger partial charge on any atom is 0.104 e. The number of halogens is 1. The first-order valence-electron chi connectivity index (χ1n) is 5.72. The summed E-state index contributed by atoms with van der Waals surface area (Å²) < 4.78 is 5.05. The summed E-state index contributed by atoms with van der Waals surface area (Å²) in [5.41, 5.74) is 2.78. The Labute approximate surface area is 112 Å². The van der Waals surface area contributed by atoms with E-state index in [-0.39, 0.29) is 0 Å². The third-order valence-corrected chi connectivity index (χ3v) is 3.04. The summed E-state index contributed by atoms with van der Waals surface area (Å²) in [7, 11) is 1.66. The van der Waals surface area contributed by atoms with Gasteiger partial charge in [0, 0.05) is 12.1 Å². The van der Waals surface area contributed by atoms with Crippen LogP contribution in [0.15, 0.2) is 48.5 Å². The van der Waals surface area contributed by atoms with Gasteiger partial charge in [0.2, 0.25) is 0 Å². The highest BCUT2D eigenvalue weighted by molar-refractivity contribution is 6.30. The average molecular weight is 263 g/mol. The predicted octanol–water partition coefficient (Wildman–Crippen LogP) is 3.57. The zero-order valence-electron chi connectivity index (χ0n) is 10.1. The number of aliphatic hydroxyl groups is 1. The van der Waals surface area contributed by atoms with Crippen LogP contribution in [0.25, 0.3) is 0 Å². The fourth-order valence-corrected chi connectivity index (χ4v) is 1.93. The van der Waals surface area contributed by atoms with E-state index in [1.807, 2.05) is 36.4 Å². The first-order valence-corrected chi connectivity index (χ1v) is 6.10. The number of benzene rings is 2. The zero-order chi connectivity index (χ0) is 13.0. The van der Waals surface area contributed by atoms with E-state index in [0.29, 0.717) is 11.6 Å². The SMILES string of the molecule is COCc1ccc([C@H](O)c2ccc(Cl)cc2)cc1. The summed E-state index contributed by atoms with van der Waals surface area (Å²) in [6.45, 7) is 0.581. The molecule has 0 aliphatic carbocycles. The Hall–Kier alpha value is -1.35. The molecule has 0 spiro atoms. The smallest absolute Gasteiger partial charge is 0.104 e. The van der Waals surface area contributed by atoms with Crippen molar-refractivity contribution in [1.29, 1.82) is 0 Å². The highest BCUT2D eigenvalue weighted by atomic mass is 35.5. The van der Waals surface area contributed by atoms with Crippen molar-refractivity contribution in [2.24, 2.45) is 0 Å². The molecule has 1 N–H and O–H groups in total. The Balaban J connectivity index is 2.17. The molecule has 0 amide bonds. The van der Waals surface area contributed by atoms with E-state index in [0.717, 1.165) is 16.7 Å². The first kappa shape index (κ1) is 13.1. The molecule has 94 valence electrons. The lowest BCUT2D eigenvalue weighted by Crippen LogP contribution is -1.99. The summed E-state index contributed by atoms with van der Waals surface area (Å²) in [4.78, 5) is 0. The number of aliphatic hydroxyl groups excluding tert-OH is 1. The van der Waals surface area contributed by atoms with Crippen LogP contribution in [0, 0.1) is 0 Å². The predicted molar refractivity (Wildman–Crippen MR) is 72.7 cm³/mol.